The molecule has 0 aliphatic carbocycles. The van der Waals surface area contributed by atoms with Crippen LogP contribution in [0.2, 0.25) is 0 Å². The van der Waals surface area contributed by atoms with Gasteiger partial charge in [0.25, 0.3) is 11.6 Å². The van der Waals surface area contributed by atoms with E-state index in [0.717, 1.165) is 43.6 Å². The topological polar surface area (TPSA) is 106 Å². The van der Waals surface area contributed by atoms with Gasteiger partial charge in [-0.2, -0.15) is 5.10 Å². The van der Waals surface area contributed by atoms with Crippen LogP contribution in [0.5, 0.6) is 0 Å². The van der Waals surface area contributed by atoms with Crippen molar-refractivity contribution in [1.82, 2.24) is 20.1 Å². The van der Waals surface area contributed by atoms with Crippen LogP contribution in [0.25, 0.3) is 5.69 Å². The van der Waals surface area contributed by atoms with Crippen LogP contribution in [0.4, 0.5) is 11.4 Å². The number of nitrogens with one attached hydrogen (secondary N) is 1. The summed E-state index contributed by atoms with van der Waals surface area (Å²) in [5.74, 6) is -0.346. The normalized spacial score (nSPS) is 14.8. The Balaban J connectivity index is 1.48. The van der Waals surface area contributed by atoms with Crippen LogP contribution in [-0.2, 0) is 0 Å². The SMILES string of the molecule is C[C@@H](NC(=O)c1ccc(N2CCCCC2)c([N+](=O)[O-])c1)c1ccc(-n2cncn2)cc1. The molecule has 0 saturated carbocycles. The third-order valence-electron chi connectivity index (χ3n) is 5.56. The summed E-state index contributed by atoms with van der Waals surface area (Å²) in [4.78, 5) is 30.0. The standard InChI is InChI=1S/C22H24N6O3/c1-16(17-5-8-19(9-6-17)27-15-23-14-24-27)25-22(29)18-7-10-20(21(13-18)28(30)31)26-11-3-2-4-12-26/h5-10,13-16H,2-4,11-12H2,1H3,(H,25,29)/t16-/m1/s1. The zero-order valence-corrected chi connectivity index (χ0v) is 17.3. The number of anilines is 1. The molecule has 1 fully saturated rings. The zero-order chi connectivity index (χ0) is 21.8. The van der Waals surface area contributed by atoms with Gasteiger partial charge in [-0.3, -0.25) is 14.9 Å². The fourth-order valence-electron chi connectivity index (χ4n) is 3.83. The Bertz CT molecular complexity index is 1060. The number of benzene rings is 2. The van der Waals surface area contributed by atoms with Gasteiger partial charge in [0, 0.05) is 24.7 Å². The molecule has 31 heavy (non-hydrogen) atoms. The summed E-state index contributed by atoms with van der Waals surface area (Å²) in [6.07, 6.45) is 6.26. The highest BCUT2D eigenvalue weighted by atomic mass is 16.6. The van der Waals surface area contributed by atoms with E-state index in [2.05, 4.69) is 15.4 Å². The van der Waals surface area contributed by atoms with Gasteiger partial charge in [0.2, 0.25) is 0 Å². The van der Waals surface area contributed by atoms with Crippen molar-refractivity contribution in [2.45, 2.75) is 32.2 Å². The fraction of sp³-hybridized carbons (Fsp3) is 0.318. The minimum atomic E-state index is -0.410. The van der Waals surface area contributed by atoms with Crippen LogP contribution in [0.3, 0.4) is 0 Å². The molecule has 1 N–H and O–H groups in total. The molecule has 1 saturated heterocycles. The van der Waals surface area contributed by atoms with Crippen molar-refractivity contribution in [3.8, 4) is 5.69 Å². The number of piperidine rings is 1. The summed E-state index contributed by atoms with van der Waals surface area (Å²) in [6, 6.07) is 12.1. The molecule has 4 rings (SSSR count). The number of nitro benzene ring substituents is 1. The summed E-state index contributed by atoms with van der Waals surface area (Å²) in [6.45, 7) is 3.47. The Morgan fingerprint density at radius 2 is 1.87 bits per heavy atom. The van der Waals surface area contributed by atoms with Crippen molar-refractivity contribution >= 4 is 17.3 Å². The molecular formula is C22H24N6O3. The van der Waals surface area contributed by atoms with Gasteiger partial charge in [0.15, 0.2) is 0 Å². The third-order valence-corrected chi connectivity index (χ3v) is 5.56. The smallest absolute Gasteiger partial charge is 0.293 e. The Morgan fingerprint density at radius 1 is 1.13 bits per heavy atom. The van der Waals surface area contributed by atoms with Gasteiger partial charge in [0.05, 0.1) is 16.7 Å². The maximum atomic E-state index is 12.8. The van der Waals surface area contributed by atoms with Gasteiger partial charge < -0.3 is 10.2 Å². The molecule has 1 atom stereocenters. The summed E-state index contributed by atoms with van der Waals surface area (Å²) in [5.41, 5.74) is 2.61. The van der Waals surface area contributed by atoms with Crippen molar-refractivity contribution < 1.29 is 9.72 Å². The Kier molecular flexibility index (Phi) is 5.92. The molecule has 0 unspecified atom stereocenters. The van der Waals surface area contributed by atoms with Gasteiger partial charge in [-0.15, -0.1) is 0 Å². The van der Waals surface area contributed by atoms with E-state index in [1.165, 1.54) is 12.4 Å². The van der Waals surface area contributed by atoms with Gasteiger partial charge >= 0.3 is 0 Å². The monoisotopic (exact) mass is 420 g/mol. The molecular weight excluding hydrogens is 396 g/mol. The predicted octanol–water partition coefficient (Wildman–Crippen LogP) is 3.66. The lowest BCUT2D eigenvalue weighted by molar-refractivity contribution is -0.384. The first kappa shape index (κ1) is 20.5. The van der Waals surface area contributed by atoms with Crippen molar-refractivity contribution in [3.05, 3.63) is 76.4 Å². The lowest BCUT2D eigenvalue weighted by atomic mass is 10.1. The van der Waals surface area contributed by atoms with E-state index in [-0.39, 0.29) is 23.2 Å². The van der Waals surface area contributed by atoms with Gasteiger partial charge in [0.1, 0.15) is 18.3 Å². The summed E-state index contributed by atoms with van der Waals surface area (Å²) < 4.78 is 1.65. The second kappa shape index (κ2) is 8.95. The number of nitrogens with zero attached hydrogens (tertiary/aromatic N) is 5. The minimum Gasteiger partial charge on any atom is -0.366 e. The molecule has 3 aromatic rings. The predicted molar refractivity (Wildman–Crippen MR) is 116 cm³/mol. The second-order valence-electron chi connectivity index (χ2n) is 7.64. The second-order valence-corrected chi connectivity index (χ2v) is 7.64. The molecule has 9 nitrogen and oxygen atoms in total. The van der Waals surface area contributed by atoms with E-state index in [4.69, 9.17) is 0 Å². The molecule has 0 radical (unpaired) electrons. The van der Waals surface area contributed by atoms with E-state index in [0.29, 0.717) is 5.69 Å². The largest absolute Gasteiger partial charge is 0.366 e. The van der Waals surface area contributed by atoms with E-state index in [9.17, 15) is 14.9 Å². The number of carbonyl (C=O) groups is 1. The van der Waals surface area contributed by atoms with Crippen LogP contribution in [0, 0.1) is 10.1 Å². The highest BCUT2D eigenvalue weighted by Gasteiger charge is 2.23. The fourth-order valence-corrected chi connectivity index (χ4v) is 3.83. The van der Waals surface area contributed by atoms with Crippen molar-refractivity contribution in [1.29, 1.82) is 0 Å². The van der Waals surface area contributed by atoms with Crippen molar-refractivity contribution in [2.75, 3.05) is 18.0 Å². The number of hydrogen-bond donors (Lipinski definition) is 1. The van der Waals surface area contributed by atoms with E-state index in [1.54, 1.807) is 23.1 Å². The molecule has 1 aliphatic rings. The van der Waals surface area contributed by atoms with Crippen LogP contribution >= 0.6 is 0 Å². The molecule has 2 aromatic carbocycles. The van der Waals surface area contributed by atoms with Crippen LogP contribution in [-0.4, -0.2) is 38.7 Å². The summed E-state index contributed by atoms with van der Waals surface area (Å²) >= 11 is 0. The Morgan fingerprint density at radius 3 is 2.52 bits per heavy atom. The van der Waals surface area contributed by atoms with Crippen LogP contribution < -0.4 is 10.2 Å². The molecule has 2 heterocycles. The lowest BCUT2D eigenvalue weighted by Gasteiger charge is -2.28. The first-order chi connectivity index (χ1) is 15.0. The molecule has 1 aliphatic heterocycles. The first-order valence-corrected chi connectivity index (χ1v) is 10.3. The molecule has 1 amide bonds. The maximum absolute atomic E-state index is 12.8. The quantitative estimate of drug-likeness (QED) is 0.482. The molecule has 9 heteroatoms. The number of carbonyl (C=O) groups excluding carboxylic acids is 1. The maximum Gasteiger partial charge on any atom is 0.293 e. The number of hydrogen-bond acceptors (Lipinski definition) is 6. The van der Waals surface area contributed by atoms with E-state index < -0.39 is 4.92 Å². The number of nitro groups is 1. The highest BCUT2D eigenvalue weighted by molar-refractivity contribution is 5.96. The van der Waals surface area contributed by atoms with Crippen molar-refractivity contribution in [2.24, 2.45) is 0 Å². The van der Waals surface area contributed by atoms with Gasteiger partial charge in [-0.05, 0) is 56.0 Å². The third kappa shape index (κ3) is 4.55. The first-order valence-electron chi connectivity index (χ1n) is 10.3. The average Bonchev–Trinajstić information content (AvgIpc) is 3.34. The van der Waals surface area contributed by atoms with Crippen molar-refractivity contribution in [3.63, 3.8) is 0 Å². The zero-order valence-electron chi connectivity index (χ0n) is 17.3. The Hall–Kier alpha value is -3.75. The van der Waals surface area contributed by atoms with E-state index >= 15 is 0 Å². The number of amides is 1. The van der Waals surface area contributed by atoms with E-state index in [1.807, 2.05) is 36.1 Å². The highest BCUT2D eigenvalue weighted by Crippen LogP contribution is 2.31. The summed E-state index contributed by atoms with van der Waals surface area (Å²) in [5, 5.41) is 18.7. The lowest BCUT2D eigenvalue weighted by Crippen LogP contribution is -2.30. The molecule has 1 aromatic heterocycles. The summed E-state index contributed by atoms with van der Waals surface area (Å²) in [7, 11) is 0. The molecule has 0 bridgehead atoms. The molecule has 0 spiro atoms. The van der Waals surface area contributed by atoms with Crippen LogP contribution in [0.15, 0.2) is 55.1 Å². The average molecular weight is 420 g/mol. The van der Waals surface area contributed by atoms with Gasteiger partial charge in [-0.25, -0.2) is 9.67 Å². The Labute approximate surface area is 179 Å². The molecule has 160 valence electrons. The number of aromatic nitrogens is 3. The number of rotatable bonds is 6. The van der Waals surface area contributed by atoms with Gasteiger partial charge in [-0.1, -0.05) is 12.1 Å². The van der Waals surface area contributed by atoms with Crippen LogP contribution in [0.1, 0.15) is 48.1 Å². The minimum absolute atomic E-state index is 0.0283.